The molecule has 1 N–H and O–H groups in total. The van der Waals surface area contributed by atoms with Crippen LogP contribution >= 0.6 is 0 Å². The molecule has 1 atom stereocenters. The van der Waals surface area contributed by atoms with Crippen LogP contribution in [0.5, 0.6) is 5.75 Å². The van der Waals surface area contributed by atoms with Crippen molar-refractivity contribution < 1.29 is 24.2 Å². The number of hydrogen-bond donors (Lipinski definition) is 1. The van der Waals surface area contributed by atoms with Crippen molar-refractivity contribution in [2.45, 2.75) is 32.4 Å². The third-order valence-corrected chi connectivity index (χ3v) is 4.29. The molecule has 0 saturated heterocycles. The molecule has 1 heterocycles. The molecule has 1 aliphatic heterocycles. The summed E-state index contributed by atoms with van der Waals surface area (Å²) in [5.74, 6) is -1.33. The highest BCUT2D eigenvalue weighted by molar-refractivity contribution is 6.15. The number of aliphatic hydroxyl groups excluding tert-OH is 1. The molecule has 0 saturated carbocycles. The fourth-order valence-electron chi connectivity index (χ4n) is 3.11. The SMILES string of the molecule is COc1ccc(N2C(=O)C(O)=C(C(=O)OC(C)(C)C)[C@H]2c2ccccc2)cc1. The number of aliphatic hydroxyl groups is 1. The van der Waals surface area contributed by atoms with E-state index < -0.39 is 29.3 Å². The lowest BCUT2D eigenvalue weighted by Crippen LogP contribution is -2.32. The molecule has 2 aromatic rings. The first kappa shape index (κ1) is 19.5. The zero-order chi connectivity index (χ0) is 20.5. The molecular formula is C22H23NO5. The van der Waals surface area contributed by atoms with Gasteiger partial charge in [-0.2, -0.15) is 0 Å². The standard InChI is InChI=1S/C22H23NO5/c1-22(2,3)28-21(26)17-18(14-8-6-5-7-9-14)23(20(25)19(17)24)15-10-12-16(27-4)13-11-15/h5-13,18,24H,1-4H3/t18-/m1/s1. The van der Waals surface area contributed by atoms with Crippen molar-refractivity contribution in [1.29, 1.82) is 0 Å². The van der Waals surface area contributed by atoms with Crippen molar-refractivity contribution in [2.24, 2.45) is 0 Å². The maximum atomic E-state index is 12.9. The molecule has 3 rings (SSSR count). The number of carbonyl (C=O) groups excluding carboxylic acids is 2. The Morgan fingerprint density at radius 2 is 1.64 bits per heavy atom. The van der Waals surface area contributed by atoms with E-state index in [1.807, 2.05) is 18.2 Å². The van der Waals surface area contributed by atoms with Gasteiger partial charge < -0.3 is 14.6 Å². The largest absolute Gasteiger partial charge is 0.503 e. The van der Waals surface area contributed by atoms with Gasteiger partial charge in [0, 0.05) is 5.69 Å². The first-order chi connectivity index (χ1) is 13.2. The van der Waals surface area contributed by atoms with Gasteiger partial charge in [0.15, 0.2) is 5.76 Å². The van der Waals surface area contributed by atoms with E-state index in [4.69, 9.17) is 9.47 Å². The molecule has 0 unspecified atom stereocenters. The van der Waals surface area contributed by atoms with E-state index in [0.29, 0.717) is 17.0 Å². The average molecular weight is 381 g/mol. The Hall–Kier alpha value is -3.28. The zero-order valence-electron chi connectivity index (χ0n) is 16.3. The summed E-state index contributed by atoms with van der Waals surface area (Å²) in [4.78, 5) is 27.1. The summed E-state index contributed by atoms with van der Waals surface area (Å²) in [7, 11) is 1.55. The van der Waals surface area contributed by atoms with Gasteiger partial charge in [-0.25, -0.2) is 4.79 Å². The van der Waals surface area contributed by atoms with Gasteiger partial charge in [-0.05, 0) is 50.6 Å². The van der Waals surface area contributed by atoms with E-state index in [2.05, 4.69) is 0 Å². The van der Waals surface area contributed by atoms with Gasteiger partial charge in [-0.1, -0.05) is 30.3 Å². The lowest BCUT2D eigenvalue weighted by Gasteiger charge is -2.28. The molecule has 6 heteroatoms. The third-order valence-electron chi connectivity index (χ3n) is 4.29. The summed E-state index contributed by atoms with van der Waals surface area (Å²) in [6.45, 7) is 5.20. The van der Waals surface area contributed by atoms with Gasteiger partial charge in [0.05, 0.1) is 13.2 Å². The lowest BCUT2D eigenvalue weighted by atomic mass is 9.98. The summed E-state index contributed by atoms with van der Waals surface area (Å²) in [5, 5.41) is 10.6. The number of amides is 1. The van der Waals surface area contributed by atoms with Gasteiger partial charge in [0.25, 0.3) is 5.91 Å². The van der Waals surface area contributed by atoms with Crippen LogP contribution in [0.15, 0.2) is 65.9 Å². The predicted octanol–water partition coefficient (Wildman–Crippen LogP) is 3.94. The third kappa shape index (κ3) is 3.71. The van der Waals surface area contributed by atoms with Crippen molar-refractivity contribution in [3.8, 4) is 5.75 Å². The van der Waals surface area contributed by atoms with Gasteiger partial charge in [0.1, 0.15) is 16.9 Å². The van der Waals surface area contributed by atoms with Gasteiger partial charge >= 0.3 is 5.97 Å². The first-order valence-electron chi connectivity index (χ1n) is 8.92. The summed E-state index contributed by atoms with van der Waals surface area (Å²) in [5.41, 5.74) is 0.394. The molecular weight excluding hydrogens is 358 g/mol. The number of hydrogen-bond acceptors (Lipinski definition) is 5. The fraction of sp³-hybridized carbons (Fsp3) is 0.273. The summed E-state index contributed by atoms with van der Waals surface area (Å²) in [6, 6.07) is 15.1. The molecule has 146 valence electrons. The first-order valence-corrected chi connectivity index (χ1v) is 8.92. The monoisotopic (exact) mass is 381 g/mol. The van der Waals surface area contributed by atoms with Crippen LogP contribution in [-0.4, -0.2) is 29.7 Å². The van der Waals surface area contributed by atoms with Crippen molar-refractivity contribution in [2.75, 3.05) is 12.0 Å². The molecule has 0 bridgehead atoms. The molecule has 0 spiro atoms. The van der Waals surface area contributed by atoms with E-state index in [1.165, 1.54) is 4.90 Å². The van der Waals surface area contributed by atoms with Crippen LogP contribution in [0.4, 0.5) is 5.69 Å². The lowest BCUT2D eigenvalue weighted by molar-refractivity contribution is -0.150. The Kier molecular flexibility index (Phi) is 5.14. The second-order valence-electron chi connectivity index (χ2n) is 7.45. The van der Waals surface area contributed by atoms with Crippen LogP contribution in [0.25, 0.3) is 0 Å². The summed E-state index contributed by atoms with van der Waals surface area (Å²) < 4.78 is 10.6. The van der Waals surface area contributed by atoms with E-state index in [-0.39, 0.29) is 5.57 Å². The van der Waals surface area contributed by atoms with Crippen LogP contribution < -0.4 is 9.64 Å². The van der Waals surface area contributed by atoms with Crippen LogP contribution in [-0.2, 0) is 14.3 Å². The average Bonchev–Trinajstić information content (AvgIpc) is 2.92. The van der Waals surface area contributed by atoms with E-state index in [9.17, 15) is 14.7 Å². The molecule has 6 nitrogen and oxygen atoms in total. The number of benzene rings is 2. The van der Waals surface area contributed by atoms with Gasteiger partial charge in [0.2, 0.25) is 0 Å². The Balaban J connectivity index is 2.10. The van der Waals surface area contributed by atoms with Gasteiger partial charge in [-0.15, -0.1) is 0 Å². The Morgan fingerprint density at radius 3 is 2.18 bits per heavy atom. The summed E-state index contributed by atoms with van der Waals surface area (Å²) >= 11 is 0. The Morgan fingerprint density at radius 1 is 1.04 bits per heavy atom. The van der Waals surface area contributed by atoms with E-state index in [0.717, 1.165) is 0 Å². The molecule has 0 aromatic heterocycles. The quantitative estimate of drug-likeness (QED) is 0.812. The van der Waals surface area contributed by atoms with Crippen molar-refractivity contribution in [3.63, 3.8) is 0 Å². The summed E-state index contributed by atoms with van der Waals surface area (Å²) in [6.07, 6.45) is 0. The normalized spacial score (nSPS) is 17.1. The van der Waals surface area contributed by atoms with Crippen molar-refractivity contribution in [3.05, 3.63) is 71.5 Å². The van der Waals surface area contributed by atoms with Crippen molar-refractivity contribution in [1.82, 2.24) is 0 Å². The molecule has 1 aliphatic rings. The second-order valence-corrected chi connectivity index (χ2v) is 7.45. The second kappa shape index (κ2) is 7.38. The molecule has 0 aliphatic carbocycles. The minimum atomic E-state index is -0.794. The fourth-order valence-corrected chi connectivity index (χ4v) is 3.11. The highest BCUT2D eigenvalue weighted by Gasteiger charge is 2.45. The molecule has 1 amide bonds. The molecule has 0 radical (unpaired) electrons. The van der Waals surface area contributed by atoms with Crippen LogP contribution in [0.2, 0.25) is 0 Å². The smallest absolute Gasteiger partial charge is 0.341 e. The van der Waals surface area contributed by atoms with Crippen molar-refractivity contribution >= 4 is 17.6 Å². The topological polar surface area (TPSA) is 76.1 Å². The maximum absolute atomic E-state index is 12.9. The number of nitrogens with zero attached hydrogens (tertiary/aromatic N) is 1. The highest BCUT2D eigenvalue weighted by atomic mass is 16.6. The minimum Gasteiger partial charge on any atom is -0.503 e. The van der Waals surface area contributed by atoms with E-state index in [1.54, 1.807) is 64.3 Å². The Bertz CT molecular complexity index is 910. The number of methoxy groups -OCH3 is 1. The maximum Gasteiger partial charge on any atom is 0.341 e. The van der Waals surface area contributed by atoms with Crippen LogP contribution in [0, 0.1) is 0 Å². The molecule has 28 heavy (non-hydrogen) atoms. The highest BCUT2D eigenvalue weighted by Crippen LogP contribution is 2.41. The Labute approximate surface area is 164 Å². The van der Waals surface area contributed by atoms with E-state index >= 15 is 0 Å². The number of ether oxygens (including phenoxy) is 2. The molecule has 2 aromatic carbocycles. The minimum absolute atomic E-state index is 0.0676. The zero-order valence-corrected chi connectivity index (χ0v) is 16.3. The van der Waals surface area contributed by atoms with Crippen LogP contribution in [0.1, 0.15) is 32.4 Å². The van der Waals surface area contributed by atoms with Gasteiger partial charge in [-0.3, -0.25) is 9.69 Å². The van der Waals surface area contributed by atoms with Crippen LogP contribution in [0.3, 0.4) is 0 Å². The predicted molar refractivity (Wildman–Crippen MR) is 105 cm³/mol. The number of esters is 1. The number of carbonyl (C=O) groups is 2. The number of rotatable bonds is 4. The molecule has 0 fully saturated rings. The number of anilines is 1.